The van der Waals surface area contributed by atoms with Gasteiger partial charge in [0.25, 0.3) is 0 Å². The van der Waals surface area contributed by atoms with Crippen molar-refractivity contribution in [3.8, 4) is 0 Å². The molecule has 0 aliphatic heterocycles. The van der Waals surface area contributed by atoms with Crippen LogP contribution in [-0.2, 0) is 6.42 Å². The van der Waals surface area contributed by atoms with Crippen LogP contribution in [0.15, 0.2) is 36.4 Å². The minimum Gasteiger partial charge on any atom is -0.367 e. The van der Waals surface area contributed by atoms with Crippen molar-refractivity contribution in [1.82, 2.24) is 9.97 Å². The van der Waals surface area contributed by atoms with E-state index in [0.29, 0.717) is 17.8 Å². The number of hydrazine groups is 1. The first-order valence-corrected chi connectivity index (χ1v) is 6.96. The standard InChI is InChI=1S/C15H19N5/c1-2-13-18-14(9-15(19-13)20-16)17-12-8-11(12)10-6-4-3-5-7-10/h3-7,9,11-12H,2,8,16H2,1H3,(H2,17,18,19,20). The Morgan fingerprint density at radius 1 is 1.20 bits per heavy atom. The number of aromatic nitrogens is 2. The molecular formula is C15H19N5. The summed E-state index contributed by atoms with van der Waals surface area (Å²) in [7, 11) is 0. The van der Waals surface area contributed by atoms with Crippen LogP contribution in [0.3, 0.4) is 0 Å². The van der Waals surface area contributed by atoms with Crippen molar-refractivity contribution in [2.75, 3.05) is 10.7 Å². The first kappa shape index (κ1) is 12.9. The lowest BCUT2D eigenvalue weighted by Gasteiger charge is -2.09. The van der Waals surface area contributed by atoms with E-state index in [9.17, 15) is 0 Å². The Morgan fingerprint density at radius 3 is 2.65 bits per heavy atom. The lowest BCUT2D eigenvalue weighted by molar-refractivity contribution is 0.926. The molecule has 0 saturated heterocycles. The Morgan fingerprint density at radius 2 is 1.95 bits per heavy atom. The fourth-order valence-electron chi connectivity index (χ4n) is 2.42. The van der Waals surface area contributed by atoms with Gasteiger partial charge in [-0.2, -0.15) is 0 Å². The van der Waals surface area contributed by atoms with Crippen LogP contribution in [0.25, 0.3) is 0 Å². The van der Waals surface area contributed by atoms with E-state index in [-0.39, 0.29) is 0 Å². The number of nitrogens with two attached hydrogens (primary N) is 1. The van der Waals surface area contributed by atoms with Gasteiger partial charge in [0.2, 0.25) is 0 Å². The highest BCUT2D eigenvalue weighted by atomic mass is 15.3. The zero-order chi connectivity index (χ0) is 13.9. The molecule has 0 amide bonds. The lowest BCUT2D eigenvalue weighted by atomic mass is 10.1. The quantitative estimate of drug-likeness (QED) is 0.573. The summed E-state index contributed by atoms with van der Waals surface area (Å²) < 4.78 is 0. The monoisotopic (exact) mass is 269 g/mol. The second-order valence-corrected chi connectivity index (χ2v) is 5.06. The van der Waals surface area contributed by atoms with E-state index in [4.69, 9.17) is 5.84 Å². The first-order valence-electron chi connectivity index (χ1n) is 6.96. The highest BCUT2D eigenvalue weighted by molar-refractivity contribution is 5.49. The molecule has 1 aromatic heterocycles. The normalized spacial score (nSPS) is 20.5. The molecule has 0 spiro atoms. The topological polar surface area (TPSA) is 75.9 Å². The second-order valence-electron chi connectivity index (χ2n) is 5.06. The third-order valence-electron chi connectivity index (χ3n) is 3.59. The van der Waals surface area contributed by atoms with Gasteiger partial charge in [0, 0.05) is 24.4 Å². The summed E-state index contributed by atoms with van der Waals surface area (Å²) in [6.45, 7) is 2.03. The van der Waals surface area contributed by atoms with E-state index in [0.717, 1.165) is 24.5 Å². The summed E-state index contributed by atoms with van der Waals surface area (Å²) in [5.41, 5.74) is 3.97. The van der Waals surface area contributed by atoms with E-state index in [1.165, 1.54) is 5.56 Å². The Balaban J connectivity index is 1.70. The minimum atomic E-state index is 0.447. The van der Waals surface area contributed by atoms with E-state index in [1.54, 1.807) is 0 Å². The molecule has 2 unspecified atom stereocenters. The highest BCUT2D eigenvalue weighted by Gasteiger charge is 2.38. The fraction of sp³-hybridized carbons (Fsp3) is 0.333. The Labute approximate surface area is 118 Å². The number of rotatable bonds is 5. The third kappa shape index (κ3) is 2.72. The Kier molecular flexibility index (Phi) is 3.52. The van der Waals surface area contributed by atoms with E-state index < -0.39 is 0 Å². The second kappa shape index (κ2) is 5.46. The maximum absolute atomic E-state index is 5.44. The molecule has 2 aromatic rings. The maximum atomic E-state index is 5.44. The van der Waals surface area contributed by atoms with E-state index in [2.05, 4.69) is 45.0 Å². The fourth-order valence-corrected chi connectivity index (χ4v) is 2.42. The van der Waals surface area contributed by atoms with Crippen LogP contribution in [0, 0.1) is 0 Å². The van der Waals surface area contributed by atoms with Crippen LogP contribution in [-0.4, -0.2) is 16.0 Å². The largest absolute Gasteiger partial charge is 0.367 e. The van der Waals surface area contributed by atoms with Gasteiger partial charge in [-0.15, -0.1) is 0 Å². The van der Waals surface area contributed by atoms with Crippen molar-refractivity contribution in [3.05, 3.63) is 47.8 Å². The summed E-state index contributed by atoms with van der Waals surface area (Å²) in [5.74, 6) is 8.30. The van der Waals surface area contributed by atoms with Crippen LogP contribution in [0.2, 0.25) is 0 Å². The molecular weight excluding hydrogens is 250 g/mol. The van der Waals surface area contributed by atoms with Crippen LogP contribution < -0.4 is 16.6 Å². The lowest BCUT2D eigenvalue weighted by Crippen LogP contribution is -2.13. The molecule has 1 aliphatic rings. The maximum Gasteiger partial charge on any atom is 0.145 e. The van der Waals surface area contributed by atoms with Gasteiger partial charge in [0.1, 0.15) is 17.5 Å². The molecule has 5 nitrogen and oxygen atoms in total. The Bertz CT molecular complexity index is 562. The van der Waals surface area contributed by atoms with Gasteiger partial charge in [0.15, 0.2) is 0 Å². The van der Waals surface area contributed by atoms with Crippen LogP contribution in [0.1, 0.15) is 30.7 Å². The number of hydrogen-bond acceptors (Lipinski definition) is 5. The summed E-state index contributed by atoms with van der Waals surface area (Å²) >= 11 is 0. The van der Waals surface area contributed by atoms with Gasteiger partial charge in [-0.05, 0) is 12.0 Å². The molecule has 1 aliphatic carbocycles. The molecule has 1 heterocycles. The molecule has 1 aromatic carbocycles. The molecule has 0 bridgehead atoms. The molecule has 1 saturated carbocycles. The van der Waals surface area contributed by atoms with E-state index >= 15 is 0 Å². The Hall–Kier alpha value is -2.14. The SMILES string of the molecule is CCc1nc(NN)cc(NC2CC2c2ccccc2)n1. The molecule has 4 N–H and O–H groups in total. The van der Waals surface area contributed by atoms with Gasteiger partial charge >= 0.3 is 0 Å². The number of nitrogens with one attached hydrogen (secondary N) is 2. The van der Waals surface area contributed by atoms with Gasteiger partial charge in [-0.1, -0.05) is 37.3 Å². The van der Waals surface area contributed by atoms with Crippen LogP contribution in [0.5, 0.6) is 0 Å². The number of nitrogen functional groups attached to an aromatic ring is 1. The number of benzene rings is 1. The summed E-state index contributed by atoms with van der Waals surface area (Å²) in [6, 6.07) is 12.9. The molecule has 1 fully saturated rings. The zero-order valence-corrected chi connectivity index (χ0v) is 11.5. The molecule has 2 atom stereocenters. The number of nitrogens with zero attached hydrogens (tertiary/aromatic N) is 2. The molecule has 5 heteroatoms. The smallest absolute Gasteiger partial charge is 0.145 e. The van der Waals surface area contributed by atoms with Gasteiger partial charge in [-0.3, -0.25) is 0 Å². The number of aryl methyl sites for hydroxylation is 1. The molecule has 0 radical (unpaired) electrons. The average Bonchev–Trinajstić information content (AvgIpc) is 3.27. The summed E-state index contributed by atoms with van der Waals surface area (Å²) in [4.78, 5) is 8.78. The van der Waals surface area contributed by atoms with Crippen molar-refractivity contribution < 1.29 is 0 Å². The predicted molar refractivity (Wildman–Crippen MR) is 80.4 cm³/mol. The van der Waals surface area contributed by atoms with Crippen molar-refractivity contribution >= 4 is 11.6 Å². The van der Waals surface area contributed by atoms with Crippen LogP contribution in [0.4, 0.5) is 11.6 Å². The zero-order valence-electron chi connectivity index (χ0n) is 11.5. The molecule has 20 heavy (non-hydrogen) atoms. The number of hydrogen-bond donors (Lipinski definition) is 3. The van der Waals surface area contributed by atoms with Crippen molar-refractivity contribution in [1.29, 1.82) is 0 Å². The summed E-state index contributed by atoms with van der Waals surface area (Å²) in [6.07, 6.45) is 1.93. The van der Waals surface area contributed by atoms with Crippen molar-refractivity contribution in [3.63, 3.8) is 0 Å². The molecule has 3 rings (SSSR count). The predicted octanol–water partition coefficient (Wildman–Crippen LogP) is 2.29. The molecule has 104 valence electrons. The van der Waals surface area contributed by atoms with Crippen molar-refractivity contribution in [2.45, 2.75) is 31.7 Å². The number of anilines is 2. The van der Waals surface area contributed by atoms with Gasteiger partial charge in [0.05, 0.1) is 0 Å². The van der Waals surface area contributed by atoms with E-state index in [1.807, 2.05) is 19.1 Å². The third-order valence-corrected chi connectivity index (χ3v) is 3.59. The van der Waals surface area contributed by atoms with Gasteiger partial charge < -0.3 is 10.7 Å². The average molecular weight is 269 g/mol. The highest BCUT2D eigenvalue weighted by Crippen LogP contribution is 2.42. The van der Waals surface area contributed by atoms with Gasteiger partial charge in [-0.25, -0.2) is 15.8 Å². The van der Waals surface area contributed by atoms with Crippen molar-refractivity contribution in [2.24, 2.45) is 5.84 Å². The minimum absolute atomic E-state index is 0.447. The summed E-state index contributed by atoms with van der Waals surface area (Å²) in [5, 5.41) is 3.47. The first-order chi connectivity index (χ1) is 9.80. The van der Waals surface area contributed by atoms with Crippen LogP contribution >= 0.6 is 0 Å².